The van der Waals surface area contributed by atoms with E-state index in [1.807, 2.05) is 52.8 Å². The van der Waals surface area contributed by atoms with Crippen LogP contribution >= 0.6 is 11.8 Å². The van der Waals surface area contributed by atoms with Gasteiger partial charge >= 0.3 is 0 Å². The molecule has 0 spiro atoms. The van der Waals surface area contributed by atoms with Crippen LogP contribution in [0.5, 0.6) is 5.75 Å². The fourth-order valence-electron chi connectivity index (χ4n) is 4.48. The van der Waals surface area contributed by atoms with Gasteiger partial charge in [0.2, 0.25) is 15.9 Å². The SMILES string of the molecule is CCOc1ccc2nc(SCC(=O)N3[C@@H](C)CN(S(=O)(=O)c4ccc(C)cc4)[C@H]3C(C)C)[nH]c2c1. The molecule has 0 saturated carbocycles. The Morgan fingerprint density at radius 2 is 1.94 bits per heavy atom. The second kappa shape index (κ2) is 10.2. The molecule has 0 aliphatic carbocycles. The highest BCUT2D eigenvalue weighted by atomic mass is 32.2. The zero-order valence-corrected chi connectivity index (χ0v) is 22.3. The molecule has 10 heteroatoms. The van der Waals surface area contributed by atoms with Crippen molar-refractivity contribution >= 4 is 38.7 Å². The number of H-pyrrole nitrogens is 1. The lowest BCUT2D eigenvalue weighted by Crippen LogP contribution is -2.49. The van der Waals surface area contributed by atoms with E-state index in [1.54, 1.807) is 29.2 Å². The number of nitrogens with zero attached hydrogens (tertiary/aromatic N) is 3. The number of thioether (sulfide) groups is 1. The van der Waals surface area contributed by atoms with E-state index in [1.165, 1.54) is 16.1 Å². The molecule has 35 heavy (non-hydrogen) atoms. The van der Waals surface area contributed by atoms with Crippen LogP contribution in [0.4, 0.5) is 0 Å². The number of hydrogen-bond donors (Lipinski definition) is 1. The summed E-state index contributed by atoms with van der Waals surface area (Å²) in [6.45, 7) is 10.5. The van der Waals surface area contributed by atoms with Crippen molar-refractivity contribution in [2.75, 3.05) is 18.9 Å². The molecule has 1 aliphatic heterocycles. The second-order valence-electron chi connectivity index (χ2n) is 9.14. The Morgan fingerprint density at radius 3 is 2.60 bits per heavy atom. The lowest BCUT2D eigenvalue weighted by Gasteiger charge is -2.33. The van der Waals surface area contributed by atoms with Gasteiger partial charge < -0.3 is 14.6 Å². The minimum Gasteiger partial charge on any atom is -0.494 e. The number of ether oxygens (including phenoxy) is 1. The molecule has 2 heterocycles. The number of amides is 1. The minimum atomic E-state index is -3.74. The maximum atomic E-state index is 13.5. The summed E-state index contributed by atoms with van der Waals surface area (Å²) in [5, 5.41) is 0.638. The first-order valence-corrected chi connectivity index (χ1v) is 14.2. The van der Waals surface area contributed by atoms with Gasteiger partial charge in [0, 0.05) is 18.7 Å². The van der Waals surface area contributed by atoms with Gasteiger partial charge in [-0.25, -0.2) is 13.4 Å². The molecule has 2 atom stereocenters. The largest absolute Gasteiger partial charge is 0.494 e. The van der Waals surface area contributed by atoms with Crippen LogP contribution in [0.3, 0.4) is 0 Å². The Balaban J connectivity index is 1.51. The average Bonchev–Trinajstić information content (AvgIpc) is 3.38. The van der Waals surface area contributed by atoms with Crippen LogP contribution in [0.25, 0.3) is 11.0 Å². The number of carbonyl (C=O) groups excluding carboxylic acids is 1. The molecular formula is C25H32N4O4S2. The third kappa shape index (κ3) is 5.19. The molecule has 2 aromatic carbocycles. The van der Waals surface area contributed by atoms with Crippen molar-refractivity contribution in [2.45, 2.75) is 56.9 Å². The van der Waals surface area contributed by atoms with Gasteiger partial charge in [0.05, 0.1) is 28.3 Å². The van der Waals surface area contributed by atoms with Crippen molar-refractivity contribution in [3.05, 3.63) is 48.0 Å². The molecule has 1 aliphatic rings. The van der Waals surface area contributed by atoms with Gasteiger partial charge in [0.25, 0.3) is 0 Å². The third-order valence-electron chi connectivity index (χ3n) is 6.09. The molecular weight excluding hydrogens is 484 g/mol. The fraction of sp³-hybridized carbons (Fsp3) is 0.440. The summed E-state index contributed by atoms with van der Waals surface area (Å²) >= 11 is 1.32. The van der Waals surface area contributed by atoms with Crippen LogP contribution < -0.4 is 4.74 Å². The number of aryl methyl sites for hydroxylation is 1. The highest BCUT2D eigenvalue weighted by Gasteiger charge is 2.47. The minimum absolute atomic E-state index is 0.0719. The number of aromatic amines is 1. The lowest BCUT2D eigenvalue weighted by molar-refractivity contribution is -0.132. The highest BCUT2D eigenvalue weighted by Crippen LogP contribution is 2.33. The van der Waals surface area contributed by atoms with E-state index in [-0.39, 0.29) is 35.1 Å². The predicted molar refractivity (Wildman–Crippen MR) is 138 cm³/mol. The van der Waals surface area contributed by atoms with E-state index >= 15 is 0 Å². The average molecular weight is 517 g/mol. The van der Waals surface area contributed by atoms with Gasteiger partial charge in [0.15, 0.2) is 5.16 Å². The summed E-state index contributed by atoms with van der Waals surface area (Å²) in [5.74, 6) is 0.733. The quantitative estimate of drug-likeness (QED) is 0.450. The van der Waals surface area contributed by atoms with E-state index < -0.39 is 16.2 Å². The first-order valence-electron chi connectivity index (χ1n) is 11.8. The van der Waals surface area contributed by atoms with Gasteiger partial charge in [-0.05, 0) is 51.0 Å². The summed E-state index contributed by atoms with van der Waals surface area (Å²) < 4.78 is 34.0. The van der Waals surface area contributed by atoms with Gasteiger partial charge in [-0.15, -0.1) is 0 Å². The monoisotopic (exact) mass is 516 g/mol. The number of fused-ring (bicyclic) bond motifs is 1. The molecule has 0 radical (unpaired) electrons. The molecule has 8 nitrogen and oxygen atoms in total. The lowest BCUT2D eigenvalue weighted by atomic mass is 10.1. The van der Waals surface area contributed by atoms with Crippen molar-refractivity contribution in [3.63, 3.8) is 0 Å². The summed E-state index contributed by atoms with van der Waals surface area (Å²) in [5.41, 5.74) is 2.64. The van der Waals surface area contributed by atoms with Crippen LogP contribution in [0.1, 0.15) is 33.3 Å². The smallest absolute Gasteiger partial charge is 0.244 e. The molecule has 0 unspecified atom stereocenters. The predicted octanol–water partition coefficient (Wildman–Crippen LogP) is 4.27. The Hall–Kier alpha value is -2.56. The number of sulfonamides is 1. The Morgan fingerprint density at radius 1 is 1.23 bits per heavy atom. The van der Waals surface area contributed by atoms with Gasteiger partial charge in [-0.3, -0.25) is 4.79 Å². The molecule has 4 rings (SSSR count). The van der Waals surface area contributed by atoms with Gasteiger partial charge in [-0.2, -0.15) is 4.31 Å². The molecule has 0 bridgehead atoms. The number of imidazole rings is 1. The maximum Gasteiger partial charge on any atom is 0.244 e. The number of carbonyl (C=O) groups is 1. The zero-order chi connectivity index (χ0) is 25.3. The summed E-state index contributed by atoms with van der Waals surface area (Å²) in [6, 6.07) is 12.3. The summed E-state index contributed by atoms with van der Waals surface area (Å²) in [4.78, 5) is 23.1. The van der Waals surface area contributed by atoms with Gasteiger partial charge in [0.1, 0.15) is 11.9 Å². The van der Waals surface area contributed by atoms with Crippen molar-refractivity contribution in [1.82, 2.24) is 19.2 Å². The molecule has 188 valence electrons. The van der Waals surface area contributed by atoms with Crippen molar-refractivity contribution in [3.8, 4) is 5.75 Å². The third-order valence-corrected chi connectivity index (χ3v) is 8.79. The zero-order valence-electron chi connectivity index (χ0n) is 20.7. The van der Waals surface area contributed by atoms with E-state index in [2.05, 4.69) is 9.97 Å². The molecule has 1 fully saturated rings. The number of rotatable bonds is 8. The molecule has 1 aromatic heterocycles. The summed E-state index contributed by atoms with van der Waals surface area (Å²) in [6.07, 6.45) is -0.547. The van der Waals surface area contributed by atoms with Crippen molar-refractivity contribution in [2.24, 2.45) is 5.92 Å². The highest BCUT2D eigenvalue weighted by molar-refractivity contribution is 7.99. The molecule has 1 amide bonds. The first kappa shape index (κ1) is 25.5. The molecule has 1 saturated heterocycles. The Kier molecular flexibility index (Phi) is 7.44. The number of nitrogens with one attached hydrogen (secondary N) is 1. The van der Waals surface area contributed by atoms with Crippen LogP contribution in [0, 0.1) is 12.8 Å². The second-order valence-corrected chi connectivity index (χ2v) is 12.0. The van der Waals surface area contributed by atoms with E-state index in [0.29, 0.717) is 11.8 Å². The molecule has 3 aromatic rings. The van der Waals surface area contributed by atoms with Gasteiger partial charge in [-0.1, -0.05) is 43.3 Å². The first-order chi connectivity index (χ1) is 16.6. The summed E-state index contributed by atoms with van der Waals surface area (Å²) in [7, 11) is -3.74. The van der Waals surface area contributed by atoms with Crippen molar-refractivity contribution < 1.29 is 17.9 Å². The van der Waals surface area contributed by atoms with Crippen molar-refractivity contribution in [1.29, 1.82) is 0 Å². The fourth-order valence-corrected chi connectivity index (χ4v) is 7.03. The maximum absolute atomic E-state index is 13.5. The van der Waals surface area contributed by atoms with E-state index in [0.717, 1.165) is 22.3 Å². The van der Waals surface area contributed by atoms with Crippen LogP contribution in [0.2, 0.25) is 0 Å². The number of benzene rings is 2. The molecule has 1 N–H and O–H groups in total. The topological polar surface area (TPSA) is 95.6 Å². The van der Waals surface area contributed by atoms with E-state index in [4.69, 9.17) is 4.74 Å². The van der Waals surface area contributed by atoms with E-state index in [9.17, 15) is 13.2 Å². The van der Waals surface area contributed by atoms with Crippen LogP contribution in [-0.4, -0.2) is 64.6 Å². The normalized spacial score (nSPS) is 19.1. The van der Waals surface area contributed by atoms with Crippen LogP contribution in [0.15, 0.2) is 52.5 Å². The standard InChI is InChI=1S/C25H32N4O4S2/c1-6-33-19-9-12-21-22(13-19)27-25(26-21)34-15-23(30)29-18(5)14-28(24(29)16(2)3)35(31,32)20-10-7-17(4)8-11-20/h7-13,16,18,24H,6,14-15H2,1-5H3,(H,26,27)/t18-,24+/m0/s1. The number of aromatic nitrogens is 2. The van der Waals surface area contributed by atoms with Crippen LogP contribution in [-0.2, 0) is 14.8 Å². The Bertz CT molecular complexity index is 1300. The Labute approximate surface area is 211 Å². The number of hydrogen-bond acceptors (Lipinski definition) is 6.